The number of hydrogen-bond donors (Lipinski definition) is 2. The van der Waals surface area contributed by atoms with Crippen molar-refractivity contribution in [1.29, 1.82) is 0 Å². The zero-order chi connectivity index (χ0) is 14.8. The molecule has 1 aromatic rings. The van der Waals surface area contributed by atoms with Crippen molar-refractivity contribution in [3.8, 4) is 0 Å². The fraction of sp³-hybridized carbons (Fsp3) is 0.600. The second-order valence-corrected chi connectivity index (χ2v) is 5.50. The van der Waals surface area contributed by atoms with Crippen molar-refractivity contribution in [2.45, 2.75) is 50.4 Å². The van der Waals surface area contributed by atoms with Crippen LogP contribution in [0.15, 0.2) is 24.3 Å². The lowest BCUT2D eigenvalue weighted by Gasteiger charge is -2.31. The van der Waals surface area contributed by atoms with E-state index in [9.17, 15) is 18.3 Å². The molecule has 120 valence electrons. The molecule has 3 N–H and O–H groups in total. The summed E-state index contributed by atoms with van der Waals surface area (Å²) in [4.78, 5) is 0. The van der Waals surface area contributed by atoms with E-state index in [1.54, 1.807) is 0 Å². The van der Waals surface area contributed by atoms with E-state index >= 15 is 0 Å². The molecule has 1 saturated carbocycles. The third kappa shape index (κ3) is 4.34. The largest absolute Gasteiger partial charge is 0.416 e. The Balaban J connectivity index is 0.00000220. The van der Waals surface area contributed by atoms with Gasteiger partial charge in [-0.3, -0.25) is 0 Å². The molecule has 0 amide bonds. The highest BCUT2D eigenvalue weighted by Gasteiger charge is 2.37. The zero-order valence-corrected chi connectivity index (χ0v) is 12.5. The summed E-state index contributed by atoms with van der Waals surface area (Å²) < 4.78 is 38.9. The van der Waals surface area contributed by atoms with Gasteiger partial charge in [0, 0.05) is 0 Å². The molecule has 2 rings (SSSR count). The summed E-state index contributed by atoms with van der Waals surface area (Å²) in [6.07, 6.45) is -0.548. The van der Waals surface area contributed by atoms with Crippen LogP contribution in [0.4, 0.5) is 13.2 Å². The Morgan fingerprint density at radius 3 is 2.24 bits per heavy atom. The highest BCUT2D eigenvalue weighted by molar-refractivity contribution is 5.85. The van der Waals surface area contributed by atoms with Gasteiger partial charge in [-0.1, -0.05) is 37.5 Å². The number of aliphatic hydroxyl groups is 1. The van der Waals surface area contributed by atoms with Gasteiger partial charge in [0.2, 0.25) is 0 Å². The summed E-state index contributed by atoms with van der Waals surface area (Å²) in [7, 11) is 0. The van der Waals surface area contributed by atoms with Crippen molar-refractivity contribution in [1.82, 2.24) is 0 Å². The third-order valence-corrected chi connectivity index (χ3v) is 4.13. The van der Waals surface area contributed by atoms with E-state index in [0.717, 1.165) is 38.2 Å². The van der Waals surface area contributed by atoms with Gasteiger partial charge in [-0.2, -0.15) is 13.2 Å². The maximum Gasteiger partial charge on any atom is 0.416 e. The monoisotopic (exact) mass is 323 g/mol. The van der Waals surface area contributed by atoms with E-state index in [0.29, 0.717) is 0 Å². The van der Waals surface area contributed by atoms with E-state index in [2.05, 4.69) is 0 Å². The maximum absolute atomic E-state index is 13.0. The molecule has 0 aliphatic heterocycles. The lowest BCUT2D eigenvalue weighted by molar-refractivity contribution is -0.138. The first kappa shape index (κ1) is 18.3. The lowest BCUT2D eigenvalue weighted by atomic mass is 9.80. The number of halogens is 4. The van der Waals surface area contributed by atoms with Crippen LogP contribution in [0.1, 0.15) is 49.3 Å². The molecule has 0 radical (unpaired) electrons. The molecule has 0 bridgehead atoms. The quantitative estimate of drug-likeness (QED) is 0.881. The normalized spacial score (nSPS) is 19.7. The minimum absolute atomic E-state index is 0. The highest BCUT2D eigenvalue weighted by atomic mass is 35.5. The van der Waals surface area contributed by atoms with Crippen molar-refractivity contribution in [2.24, 2.45) is 11.7 Å². The van der Waals surface area contributed by atoms with Gasteiger partial charge in [0.05, 0.1) is 17.7 Å². The fourth-order valence-corrected chi connectivity index (χ4v) is 3.00. The average Bonchev–Trinajstić information content (AvgIpc) is 2.46. The zero-order valence-electron chi connectivity index (χ0n) is 11.6. The van der Waals surface area contributed by atoms with E-state index in [-0.39, 0.29) is 23.9 Å². The van der Waals surface area contributed by atoms with Crippen LogP contribution in [-0.2, 0) is 6.18 Å². The Labute approximate surface area is 128 Å². The first-order chi connectivity index (χ1) is 9.41. The molecule has 1 aliphatic carbocycles. The molecule has 2 atom stereocenters. The van der Waals surface area contributed by atoms with Crippen LogP contribution < -0.4 is 5.73 Å². The number of nitrogens with two attached hydrogens (primary N) is 1. The van der Waals surface area contributed by atoms with Gasteiger partial charge >= 0.3 is 6.18 Å². The van der Waals surface area contributed by atoms with Crippen LogP contribution in [0, 0.1) is 5.92 Å². The number of hydrogen-bond acceptors (Lipinski definition) is 2. The first-order valence-corrected chi connectivity index (χ1v) is 7.01. The molecule has 0 spiro atoms. The van der Waals surface area contributed by atoms with E-state index in [4.69, 9.17) is 5.73 Å². The van der Waals surface area contributed by atoms with Crippen molar-refractivity contribution < 1.29 is 18.3 Å². The molecular weight excluding hydrogens is 303 g/mol. The first-order valence-electron chi connectivity index (χ1n) is 7.01. The summed E-state index contributed by atoms with van der Waals surface area (Å²) in [6.45, 7) is 0. The smallest absolute Gasteiger partial charge is 0.391 e. The number of rotatable bonds is 3. The predicted octanol–water partition coefficient (Wildman–Crippen LogP) is 4.07. The predicted molar refractivity (Wildman–Crippen MR) is 78.2 cm³/mol. The fourth-order valence-electron chi connectivity index (χ4n) is 3.00. The Hall–Kier alpha value is -0.780. The highest BCUT2D eigenvalue weighted by Crippen LogP contribution is 2.37. The second-order valence-electron chi connectivity index (χ2n) is 5.50. The van der Waals surface area contributed by atoms with Crippen molar-refractivity contribution in [3.63, 3.8) is 0 Å². The molecule has 21 heavy (non-hydrogen) atoms. The van der Waals surface area contributed by atoms with Crippen LogP contribution in [-0.4, -0.2) is 11.2 Å². The summed E-state index contributed by atoms with van der Waals surface area (Å²) in [5, 5.41) is 10.3. The molecule has 6 heteroatoms. The molecule has 1 aromatic carbocycles. The lowest BCUT2D eigenvalue weighted by Crippen LogP contribution is -2.35. The molecule has 0 saturated heterocycles. The third-order valence-electron chi connectivity index (χ3n) is 4.13. The average molecular weight is 324 g/mol. The van der Waals surface area contributed by atoms with E-state index in [1.165, 1.54) is 18.2 Å². The van der Waals surface area contributed by atoms with Crippen LogP contribution in [0.3, 0.4) is 0 Å². The van der Waals surface area contributed by atoms with Crippen molar-refractivity contribution in [2.75, 3.05) is 0 Å². The van der Waals surface area contributed by atoms with Gasteiger partial charge in [0.1, 0.15) is 0 Å². The minimum atomic E-state index is -4.44. The SMILES string of the molecule is Cl.N[C@H](c1ccccc1C(F)(F)F)[C@@H](O)C1CCCCC1. The standard InChI is InChI=1S/C15H20F3NO.ClH/c16-15(17,18)12-9-5-4-8-11(12)13(19)14(20)10-6-2-1-3-7-10;/h4-5,8-10,13-14,20H,1-3,6-7,19H2;1H/t13-,14+;/m1./s1. The molecule has 1 aliphatic rings. The molecule has 2 nitrogen and oxygen atoms in total. The summed E-state index contributed by atoms with van der Waals surface area (Å²) in [5.41, 5.74) is 5.15. The second kappa shape index (κ2) is 7.47. The van der Waals surface area contributed by atoms with Gasteiger partial charge in [0.15, 0.2) is 0 Å². The molecular formula is C15H21ClF3NO. The van der Waals surface area contributed by atoms with Crippen LogP contribution >= 0.6 is 12.4 Å². The van der Waals surface area contributed by atoms with E-state index < -0.39 is 23.9 Å². The topological polar surface area (TPSA) is 46.2 Å². The summed E-state index contributed by atoms with van der Waals surface area (Å²) >= 11 is 0. The molecule has 1 fully saturated rings. The number of benzene rings is 1. The maximum atomic E-state index is 13.0. The molecule has 0 aromatic heterocycles. The van der Waals surface area contributed by atoms with Crippen molar-refractivity contribution >= 4 is 12.4 Å². The van der Waals surface area contributed by atoms with E-state index in [1.807, 2.05) is 0 Å². The van der Waals surface area contributed by atoms with Crippen molar-refractivity contribution in [3.05, 3.63) is 35.4 Å². The number of alkyl halides is 3. The summed E-state index contributed by atoms with van der Waals surface area (Å²) in [5.74, 6) is 0.0000368. The van der Waals surface area contributed by atoms with Gasteiger partial charge in [-0.25, -0.2) is 0 Å². The Kier molecular flexibility index (Phi) is 6.50. The van der Waals surface area contributed by atoms with Gasteiger partial charge in [-0.05, 0) is 30.4 Å². The van der Waals surface area contributed by atoms with Crippen LogP contribution in [0.25, 0.3) is 0 Å². The Morgan fingerprint density at radius 1 is 1.10 bits per heavy atom. The van der Waals surface area contributed by atoms with Gasteiger partial charge < -0.3 is 10.8 Å². The summed E-state index contributed by atoms with van der Waals surface area (Å²) in [6, 6.07) is 4.25. The molecule has 0 heterocycles. The van der Waals surface area contributed by atoms with Gasteiger partial charge in [0.25, 0.3) is 0 Å². The van der Waals surface area contributed by atoms with Crippen LogP contribution in [0.5, 0.6) is 0 Å². The Morgan fingerprint density at radius 2 is 1.67 bits per heavy atom. The molecule has 0 unspecified atom stereocenters. The van der Waals surface area contributed by atoms with Crippen LogP contribution in [0.2, 0.25) is 0 Å². The minimum Gasteiger partial charge on any atom is -0.391 e. The van der Waals surface area contributed by atoms with Gasteiger partial charge in [-0.15, -0.1) is 12.4 Å². The Bertz CT molecular complexity index is 447. The number of aliphatic hydroxyl groups excluding tert-OH is 1.